The minimum absolute atomic E-state index is 0.441. The van der Waals surface area contributed by atoms with Gasteiger partial charge in [0.2, 0.25) is 0 Å². The second-order valence-corrected chi connectivity index (χ2v) is 6.32. The van der Waals surface area contributed by atoms with E-state index in [0.29, 0.717) is 17.9 Å². The van der Waals surface area contributed by atoms with Crippen LogP contribution in [0.3, 0.4) is 0 Å². The lowest BCUT2D eigenvalue weighted by atomic mass is 9.98. The van der Waals surface area contributed by atoms with E-state index in [0.717, 1.165) is 28.0 Å². The predicted octanol–water partition coefficient (Wildman–Crippen LogP) is 5.10. The number of carbonyl (C=O) groups excluding carboxylic acids is 1. The predicted molar refractivity (Wildman–Crippen MR) is 110 cm³/mol. The number of hydrogen-bond acceptors (Lipinski definition) is 4. The topological polar surface area (TPSA) is 47.9 Å². The van der Waals surface area contributed by atoms with Crippen molar-refractivity contribution in [3.05, 3.63) is 95.6 Å². The van der Waals surface area contributed by atoms with Crippen molar-refractivity contribution in [3.8, 4) is 16.9 Å². The average molecular weight is 369 g/mol. The van der Waals surface area contributed by atoms with Crippen LogP contribution in [0, 0.1) is 0 Å². The molecule has 0 spiro atoms. The van der Waals surface area contributed by atoms with Crippen LogP contribution in [0.5, 0.6) is 5.75 Å². The number of hydrogen-bond donors (Lipinski definition) is 0. The molecule has 0 radical (unpaired) electrons. The van der Waals surface area contributed by atoms with E-state index in [9.17, 15) is 4.79 Å². The van der Waals surface area contributed by atoms with E-state index >= 15 is 0 Å². The van der Waals surface area contributed by atoms with Gasteiger partial charge in [-0.2, -0.15) is 0 Å². The third kappa shape index (κ3) is 3.71. The van der Waals surface area contributed by atoms with E-state index in [1.807, 2.05) is 73.7 Å². The van der Waals surface area contributed by atoms with Crippen LogP contribution in [0.4, 0.5) is 0 Å². The maximum Gasteiger partial charge on any atom is 0.368 e. The Kier molecular flexibility index (Phi) is 5.02. The van der Waals surface area contributed by atoms with Crippen molar-refractivity contribution in [1.82, 2.24) is 0 Å². The van der Waals surface area contributed by atoms with Gasteiger partial charge in [-0.15, -0.1) is 0 Å². The summed E-state index contributed by atoms with van der Waals surface area (Å²) in [6, 6.07) is 25.6. The number of carbonyl (C=O) groups is 1. The zero-order valence-corrected chi connectivity index (χ0v) is 15.5. The van der Waals surface area contributed by atoms with E-state index in [2.05, 4.69) is 17.3 Å². The fraction of sp³-hybridized carbons (Fsp3) is 0.0833. The van der Waals surface area contributed by atoms with Crippen molar-refractivity contribution in [2.24, 2.45) is 5.16 Å². The minimum Gasteiger partial charge on any atom is -0.494 e. The summed E-state index contributed by atoms with van der Waals surface area (Å²) in [7, 11) is 0. The van der Waals surface area contributed by atoms with Gasteiger partial charge in [0.1, 0.15) is 11.5 Å². The lowest BCUT2D eigenvalue weighted by molar-refractivity contribution is -0.136. The molecule has 0 amide bonds. The normalized spacial score (nSPS) is 14.7. The van der Waals surface area contributed by atoms with Crippen LogP contribution in [0.25, 0.3) is 17.2 Å². The van der Waals surface area contributed by atoms with Crippen LogP contribution in [0.1, 0.15) is 18.1 Å². The Bertz CT molecular complexity index is 1030. The maximum atomic E-state index is 12.2. The second-order valence-electron chi connectivity index (χ2n) is 6.32. The molecule has 3 aromatic carbocycles. The Hall–Kier alpha value is -3.66. The molecule has 0 aromatic heterocycles. The summed E-state index contributed by atoms with van der Waals surface area (Å²) in [5.41, 5.74) is 4.94. The van der Waals surface area contributed by atoms with Crippen molar-refractivity contribution in [3.63, 3.8) is 0 Å². The minimum atomic E-state index is -0.448. The number of benzene rings is 3. The van der Waals surface area contributed by atoms with Crippen LogP contribution >= 0.6 is 0 Å². The summed E-state index contributed by atoms with van der Waals surface area (Å²) in [5, 5.41) is 3.99. The molecule has 28 heavy (non-hydrogen) atoms. The number of rotatable bonds is 5. The Morgan fingerprint density at radius 3 is 2.18 bits per heavy atom. The van der Waals surface area contributed by atoms with Crippen LogP contribution in [-0.4, -0.2) is 18.3 Å². The van der Waals surface area contributed by atoms with Crippen LogP contribution in [0.15, 0.2) is 89.6 Å². The third-order valence-corrected chi connectivity index (χ3v) is 4.46. The molecule has 0 bridgehead atoms. The molecular weight excluding hydrogens is 350 g/mol. The molecule has 0 aliphatic carbocycles. The molecule has 1 aliphatic heterocycles. The molecule has 0 N–H and O–H groups in total. The molecule has 4 heteroatoms. The highest BCUT2D eigenvalue weighted by Crippen LogP contribution is 2.25. The SMILES string of the molecule is CCOc1ccc(/C=C2\C(=O)ON=C2c2ccc(-c3ccccc3)cc2)cc1. The van der Waals surface area contributed by atoms with E-state index in [1.54, 1.807) is 6.08 Å². The smallest absolute Gasteiger partial charge is 0.368 e. The summed E-state index contributed by atoms with van der Waals surface area (Å²) in [4.78, 5) is 17.1. The zero-order chi connectivity index (χ0) is 19.3. The van der Waals surface area contributed by atoms with Crippen molar-refractivity contribution in [1.29, 1.82) is 0 Å². The molecule has 4 nitrogen and oxygen atoms in total. The Labute approximate surface area is 163 Å². The first-order chi connectivity index (χ1) is 13.7. The highest BCUT2D eigenvalue weighted by molar-refractivity contribution is 6.31. The average Bonchev–Trinajstić information content (AvgIpc) is 3.11. The fourth-order valence-electron chi connectivity index (χ4n) is 3.06. The molecule has 3 aromatic rings. The van der Waals surface area contributed by atoms with Crippen LogP contribution in [-0.2, 0) is 9.63 Å². The molecule has 0 saturated heterocycles. The van der Waals surface area contributed by atoms with Gasteiger partial charge in [0.15, 0.2) is 0 Å². The van der Waals surface area contributed by atoms with Crippen molar-refractivity contribution in [2.75, 3.05) is 6.61 Å². The Morgan fingerprint density at radius 1 is 0.857 bits per heavy atom. The fourth-order valence-corrected chi connectivity index (χ4v) is 3.06. The third-order valence-electron chi connectivity index (χ3n) is 4.46. The molecule has 138 valence electrons. The van der Waals surface area contributed by atoms with Gasteiger partial charge in [0.25, 0.3) is 0 Å². The van der Waals surface area contributed by atoms with Crippen LogP contribution < -0.4 is 4.74 Å². The van der Waals surface area contributed by atoms with Gasteiger partial charge in [-0.05, 0) is 41.8 Å². The summed E-state index contributed by atoms with van der Waals surface area (Å²) in [6.45, 7) is 2.55. The van der Waals surface area contributed by atoms with Crippen molar-refractivity contribution < 1.29 is 14.4 Å². The van der Waals surface area contributed by atoms with Crippen molar-refractivity contribution in [2.45, 2.75) is 6.92 Å². The molecule has 1 aliphatic rings. The lowest BCUT2D eigenvalue weighted by Gasteiger charge is -2.05. The van der Waals surface area contributed by atoms with Crippen LogP contribution in [0.2, 0.25) is 0 Å². The van der Waals surface area contributed by atoms with Gasteiger partial charge in [0.05, 0.1) is 12.2 Å². The molecule has 0 fully saturated rings. The first-order valence-corrected chi connectivity index (χ1v) is 9.15. The van der Waals surface area contributed by atoms with Gasteiger partial charge in [-0.1, -0.05) is 71.9 Å². The number of nitrogens with zero attached hydrogens (tertiary/aromatic N) is 1. The number of ether oxygens (including phenoxy) is 1. The van der Waals surface area contributed by atoms with Gasteiger partial charge in [-0.25, -0.2) is 4.79 Å². The Balaban J connectivity index is 1.61. The first-order valence-electron chi connectivity index (χ1n) is 9.15. The number of oxime groups is 1. The molecule has 0 atom stereocenters. The Morgan fingerprint density at radius 2 is 1.50 bits per heavy atom. The molecule has 1 heterocycles. The highest BCUT2D eigenvalue weighted by atomic mass is 16.7. The maximum absolute atomic E-state index is 12.2. The van der Waals surface area contributed by atoms with E-state index < -0.39 is 5.97 Å². The summed E-state index contributed by atoms with van der Waals surface area (Å²) >= 11 is 0. The largest absolute Gasteiger partial charge is 0.494 e. The monoisotopic (exact) mass is 369 g/mol. The van der Waals surface area contributed by atoms with Gasteiger partial charge in [0, 0.05) is 5.56 Å². The molecule has 0 saturated carbocycles. The first kappa shape index (κ1) is 17.7. The second kappa shape index (κ2) is 7.92. The molecule has 0 unspecified atom stereocenters. The summed E-state index contributed by atoms with van der Waals surface area (Å²) in [5.74, 6) is 0.347. The lowest BCUT2D eigenvalue weighted by Crippen LogP contribution is -2.06. The van der Waals surface area contributed by atoms with Gasteiger partial charge in [-0.3, -0.25) is 0 Å². The van der Waals surface area contributed by atoms with Gasteiger partial charge >= 0.3 is 5.97 Å². The summed E-state index contributed by atoms with van der Waals surface area (Å²) in [6.07, 6.45) is 1.79. The molecule has 4 rings (SSSR count). The zero-order valence-electron chi connectivity index (χ0n) is 15.5. The quantitative estimate of drug-likeness (QED) is 0.464. The van der Waals surface area contributed by atoms with Gasteiger partial charge < -0.3 is 9.57 Å². The van der Waals surface area contributed by atoms with E-state index in [4.69, 9.17) is 9.57 Å². The van der Waals surface area contributed by atoms with E-state index in [-0.39, 0.29) is 0 Å². The molecular formula is C24H19NO3. The highest BCUT2D eigenvalue weighted by Gasteiger charge is 2.26. The summed E-state index contributed by atoms with van der Waals surface area (Å²) < 4.78 is 5.45. The standard InChI is InChI=1S/C24H19NO3/c1-2-27-21-14-8-17(9-15-21)16-22-23(25-28-24(22)26)20-12-10-19(11-13-20)18-6-4-3-5-7-18/h3-16H,2H2,1H3/b22-16-. The van der Waals surface area contributed by atoms with Crippen molar-refractivity contribution >= 4 is 17.8 Å². The van der Waals surface area contributed by atoms with E-state index in [1.165, 1.54) is 0 Å².